The molecule has 1 aromatic heterocycles. The number of carboxylic acid groups (broad SMARTS) is 1. The normalized spacial score (nSPS) is 12.8. The molecular weight excluding hydrogens is 254 g/mol. The molecular formula is C10H17N5O4. The second kappa shape index (κ2) is 6.12. The maximum Gasteiger partial charge on any atom is 0.407 e. The van der Waals surface area contributed by atoms with Crippen LogP contribution in [0.4, 0.5) is 4.79 Å². The molecule has 0 radical (unpaired) electrons. The highest BCUT2D eigenvalue weighted by atomic mass is 16.6. The Labute approximate surface area is 109 Å². The highest BCUT2D eigenvalue weighted by Crippen LogP contribution is 2.08. The lowest BCUT2D eigenvalue weighted by Crippen LogP contribution is -2.41. The Hall–Kier alpha value is -2.19. The van der Waals surface area contributed by atoms with E-state index >= 15 is 0 Å². The minimum absolute atomic E-state index is 0.155. The fourth-order valence-corrected chi connectivity index (χ4v) is 1.35. The van der Waals surface area contributed by atoms with Gasteiger partial charge in [-0.1, -0.05) is 5.21 Å². The van der Waals surface area contributed by atoms with E-state index in [1.807, 2.05) is 0 Å². The van der Waals surface area contributed by atoms with Crippen molar-refractivity contribution in [2.24, 2.45) is 0 Å². The number of tetrazole rings is 1. The van der Waals surface area contributed by atoms with Crippen molar-refractivity contribution in [3.05, 3.63) is 5.82 Å². The molecule has 0 aliphatic heterocycles. The van der Waals surface area contributed by atoms with Crippen molar-refractivity contribution >= 4 is 12.1 Å². The molecule has 0 aliphatic rings. The predicted molar refractivity (Wildman–Crippen MR) is 63.3 cm³/mol. The van der Waals surface area contributed by atoms with Gasteiger partial charge in [-0.25, -0.2) is 4.79 Å². The summed E-state index contributed by atoms with van der Waals surface area (Å²) < 4.78 is 5.06. The van der Waals surface area contributed by atoms with E-state index in [0.29, 0.717) is 5.82 Å². The predicted octanol–water partition coefficient (Wildman–Crippen LogP) is 0.110. The summed E-state index contributed by atoms with van der Waals surface area (Å²) in [5.74, 6) is -0.716. The molecule has 0 aromatic carbocycles. The van der Waals surface area contributed by atoms with Gasteiger partial charge >= 0.3 is 12.1 Å². The Bertz CT molecular complexity index is 426. The maximum absolute atomic E-state index is 11.6. The van der Waals surface area contributed by atoms with E-state index in [4.69, 9.17) is 9.84 Å². The Morgan fingerprint density at radius 3 is 2.63 bits per heavy atom. The molecule has 19 heavy (non-hydrogen) atoms. The molecule has 0 aliphatic carbocycles. The molecule has 0 spiro atoms. The first-order chi connectivity index (χ1) is 8.76. The van der Waals surface area contributed by atoms with Gasteiger partial charge in [-0.3, -0.25) is 4.79 Å². The number of nitrogens with zero attached hydrogens (tertiary/aromatic N) is 3. The van der Waals surface area contributed by atoms with Crippen LogP contribution in [0.2, 0.25) is 0 Å². The number of alkyl carbamates (subject to hydrolysis) is 1. The zero-order valence-electron chi connectivity index (χ0n) is 11.0. The fourth-order valence-electron chi connectivity index (χ4n) is 1.35. The number of aromatic nitrogens is 4. The summed E-state index contributed by atoms with van der Waals surface area (Å²) in [6, 6.07) is -0.662. The number of ether oxygens (including phenoxy) is 1. The number of carbonyl (C=O) groups excluding carboxylic acids is 1. The van der Waals surface area contributed by atoms with Crippen LogP contribution in [0.5, 0.6) is 0 Å². The third kappa shape index (κ3) is 6.34. The number of amides is 1. The lowest BCUT2D eigenvalue weighted by Gasteiger charge is -2.22. The maximum atomic E-state index is 11.6. The average molecular weight is 271 g/mol. The van der Waals surface area contributed by atoms with Crippen LogP contribution in [0.25, 0.3) is 0 Å². The van der Waals surface area contributed by atoms with Crippen molar-refractivity contribution in [3.8, 4) is 0 Å². The molecule has 9 heteroatoms. The van der Waals surface area contributed by atoms with Crippen LogP contribution in [0, 0.1) is 0 Å². The van der Waals surface area contributed by atoms with Gasteiger partial charge in [0, 0.05) is 12.5 Å². The quantitative estimate of drug-likeness (QED) is 0.692. The molecule has 106 valence electrons. The molecule has 1 aromatic rings. The second-order valence-electron chi connectivity index (χ2n) is 4.97. The minimum Gasteiger partial charge on any atom is -0.481 e. The molecule has 0 saturated carbocycles. The van der Waals surface area contributed by atoms with Crippen LogP contribution in [0.3, 0.4) is 0 Å². The van der Waals surface area contributed by atoms with E-state index in [0.717, 1.165) is 0 Å². The van der Waals surface area contributed by atoms with Crippen LogP contribution in [-0.2, 0) is 16.0 Å². The Balaban J connectivity index is 2.59. The molecule has 1 amide bonds. The van der Waals surface area contributed by atoms with E-state index in [2.05, 4.69) is 25.9 Å². The topological polar surface area (TPSA) is 130 Å². The molecule has 1 rings (SSSR count). The lowest BCUT2D eigenvalue weighted by molar-refractivity contribution is -0.137. The molecule has 9 nitrogen and oxygen atoms in total. The molecule has 1 atom stereocenters. The van der Waals surface area contributed by atoms with Gasteiger partial charge in [-0.2, -0.15) is 5.21 Å². The molecule has 1 unspecified atom stereocenters. The Kier molecular flexibility index (Phi) is 4.79. The molecule has 0 bridgehead atoms. The first-order valence-corrected chi connectivity index (χ1v) is 5.70. The van der Waals surface area contributed by atoms with Gasteiger partial charge in [0.15, 0.2) is 5.82 Å². The third-order valence-electron chi connectivity index (χ3n) is 1.96. The summed E-state index contributed by atoms with van der Waals surface area (Å²) in [4.78, 5) is 22.3. The van der Waals surface area contributed by atoms with E-state index in [1.165, 1.54) is 0 Å². The number of nitrogens with one attached hydrogen (secondary N) is 2. The van der Waals surface area contributed by atoms with Gasteiger partial charge in [-0.05, 0) is 20.8 Å². The minimum atomic E-state index is -1.04. The Morgan fingerprint density at radius 1 is 1.47 bits per heavy atom. The summed E-state index contributed by atoms with van der Waals surface area (Å²) in [5, 5.41) is 24.3. The van der Waals surface area contributed by atoms with Crippen molar-refractivity contribution < 1.29 is 19.4 Å². The number of carbonyl (C=O) groups is 2. The number of H-pyrrole nitrogens is 1. The zero-order chi connectivity index (χ0) is 14.5. The number of rotatable bonds is 5. The number of aliphatic carboxylic acids is 1. The molecule has 0 saturated heterocycles. The SMILES string of the molecule is CC(C)(C)OC(=O)NC(CC(=O)O)Cc1nn[nH]n1. The van der Waals surface area contributed by atoms with Gasteiger partial charge in [0.25, 0.3) is 0 Å². The summed E-state index contributed by atoms with van der Waals surface area (Å²) in [5.41, 5.74) is -0.649. The Morgan fingerprint density at radius 2 is 2.16 bits per heavy atom. The number of hydrogen-bond acceptors (Lipinski definition) is 6. The zero-order valence-corrected chi connectivity index (χ0v) is 11.0. The van der Waals surface area contributed by atoms with Crippen molar-refractivity contribution in [1.29, 1.82) is 0 Å². The molecule has 1 heterocycles. The van der Waals surface area contributed by atoms with Crippen LogP contribution >= 0.6 is 0 Å². The van der Waals surface area contributed by atoms with Gasteiger partial charge in [0.1, 0.15) is 5.60 Å². The highest BCUT2D eigenvalue weighted by molar-refractivity contribution is 5.71. The number of aromatic amines is 1. The first-order valence-electron chi connectivity index (χ1n) is 5.70. The van der Waals surface area contributed by atoms with Gasteiger partial charge < -0.3 is 15.2 Å². The van der Waals surface area contributed by atoms with E-state index in [1.54, 1.807) is 20.8 Å². The molecule has 0 fully saturated rings. The smallest absolute Gasteiger partial charge is 0.407 e. The van der Waals surface area contributed by atoms with Crippen LogP contribution in [-0.4, -0.2) is 49.4 Å². The first kappa shape index (κ1) is 14.9. The monoisotopic (exact) mass is 271 g/mol. The van der Waals surface area contributed by atoms with Crippen molar-refractivity contribution in [3.63, 3.8) is 0 Å². The standard InChI is InChI=1S/C10H17N5O4/c1-10(2,3)19-9(18)11-6(5-8(16)17)4-7-12-14-15-13-7/h6H,4-5H2,1-3H3,(H,11,18)(H,16,17)(H,12,13,14,15). The van der Waals surface area contributed by atoms with Crippen molar-refractivity contribution in [2.75, 3.05) is 0 Å². The second-order valence-corrected chi connectivity index (χ2v) is 4.97. The van der Waals surface area contributed by atoms with E-state index < -0.39 is 23.7 Å². The van der Waals surface area contributed by atoms with Crippen LogP contribution in [0.15, 0.2) is 0 Å². The van der Waals surface area contributed by atoms with Crippen molar-refractivity contribution in [2.45, 2.75) is 45.3 Å². The number of hydrogen-bond donors (Lipinski definition) is 3. The van der Waals surface area contributed by atoms with Gasteiger partial charge in [0.2, 0.25) is 0 Å². The largest absolute Gasteiger partial charge is 0.481 e. The van der Waals surface area contributed by atoms with E-state index in [9.17, 15) is 9.59 Å². The summed E-state index contributed by atoms with van der Waals surface area (Å²) >= 11 is 0. The average Bonchev–Trinajstić information content (AvgIpc) is 2.65. The summed E-state index contributed by atoms with van der Waals surface area (Å²) in [6.45, 7) is 5.16. The van der Waals surface area contributed by atoms with Crippen LogP contribution < -0.4 is 5.32 Å². The summed E-state index contributed by atoms with van der Waals surface area (Å²) in [6.07, 6.45) is -0.780. The lowest BCUT2D eigenvalue weighted by atomic mass is 10.1. The van der Waals surface area contributed by atoms with Gasteiger partial charge in [0.05, 0.1) is 6.42 Å². The molecule has 3 N–H and O–H groups in total. The van der Waals surface area contributed by atoms with Crippen molar-refractivity contribution in [1.82, 2.24) is 25.9 Å². The van der Waals surface area contributed by atoms with Gasteiger partial charge in [-0.15, -0.1) is 10.2 Å². The third-order valence-corrected chi connectivity index (χ3v) is 1.96. The summed E-state index contributed by atoms with van der Waals surface area (Å²) in [7, 11) is 0. The van der Waals surface area contributed by atoms with Crippen LogP contribution in [0.1, 0.15) is 33.0 Å². The number of carboxylic acids is 1. The highest BCUT2D eigenvalue weighted by Gasteiger charge is 2.22. The fraction of sp³-hybridized carbons (Fsp3) is 0.700. The van der Waals surface area contributed by atoms with E-state index in [-0.39, 0.29) is 12.8 Å².